The molecule has 2 aromatic rings. The summed E-state index contributed by atoms with van der Waals surface area (Å²) in [7, 11) is 0. The molecule has 0 aliphatic heterocycles. The Morgan fingerprint density at radius 2 is 0.936 bits per heavy atom. The molecule has 0 heterocycles. The Balaban J connectivity index is 1.62. The molecule has 2 rings (SSSR count). The first kappa shape index (κ1) is 39.4. The van der Waals surface area contributed by atoms with E-state index in [-0.39, 0.29) is 35.5 Å². The Morgan fingerprint density at radius 1 is 0.553 bits per heavy atom. The highest BCUT2D eigenvalue weighted by molar-refractivity contribution is 7.99. The monoisotopic (exact) mass is 670 g/mol. The molecule has 6 N–H and O–H groups in total. The second-order valence-electron chi connectivity index (χ2n) is 11.9. The number of nitrogens with one attached hydrogen (secondary N) is 4. The van der Waals surface area contributed by atoms with Gasteiger partial charge in [-0.25, -0.2) is 0 Å². The van der Waals surface area contributed by atoms with Gasteiger partial charge in [-0.3, -0.25) is 40.9 Å². The van der Waals surface area contributed by atoms with Crippen LogP contribution in [0.4, 0.5) is 0 Å². The van der Waals surface area contributed by atoms with E-state index in [1.807, 2.05) is 12.1 Å². The van der Waals surface area contributed by atoms with Crippen LogP contribution in [0.2, 0.25) is 0 Å². The molecule has 0 radical (unpaired) electrons. The van der Waals surface area contributed by atoms with Crippen molar-refractivity contribution in [1.29, 1.82) is 0 Å². The highest BCUT2D eigenvalue weighted by Gasteiger charge is 2.15. The first-order valence-corrected chi connectivity index (χ1v) is 18.3. The Hall–Kier alpha value is -3.73. The summed E-state index contributed by atoms with van der Waals surface area (Å²) in [4.78, 5) is 49.5. The molecule has 2 aromatic carbocycles. The van der Waals surface area contributed by atoms with Crippen LogP contribution in [-0.4, -0.2) is 45.3 Å². The van der Waals surface area contributed by atoms with Gasteiger partial charge in [0.2, 0.25) is 11.8 Å². The second-order valence-corrected chi connectivity index (χ2v) is 13.1. The number of benzene rings is 2. The fourth-order valence-corrected chi connectivity index (χ4v) is 5.87. The fraction of sp³-hybridized carbons (Fsp3) is 0.556. The lowest BCUT2D eigenvalue weighted by Gasteiger charge is -2.11. The van der Waals surface area contributed by atoms with Crippen LogP contribution in [-0.2, 0) is 22.4 Å². The SMILES string of the molecule is CCCCCCCCc1ccc(O)c(C(=O)NNC(=O)CCSCCC(=O)NNC(=O)c2cc(CCCCCCCC)ccc2O)c1. The molecular weight excluding hydrogens is 616 g/mol. The van der Waals surface area contributed by atoms with Crippen molar-refractivity contribution < 1.29 is 29.4 Å². The minimum atomic E-state index is -0.593. The fourth-order valence-electron chi connectivity index (χ4n) is 5.00. The highest BCUT2D eigenvalue weighted by atomic mass is 32.2. The van der Waals surface area contributed by atoms with Gasteiger partial charge >= 0.3 is 0 Å². The lowest BCUT2D eigenvalue weighted by Crippen LogP contribution is -2.42. The molecule has 260 valence electrons. The number of hydrogen-bond acceptors (Lipinski definition) is 7. The van der Waals surface area contributed by atoms with Gasteiger partial charge in [0.1, 0.15) is 11.5 Å². The molecule has 0 bridgehead atoms. The second kappa shape index (κ2) is 23.6. The molecule has 0 unspecified atom stereocenters. The van der Waals surface area contributed by atoms with Crippen molar-refractivity contribution in [2.24, 2.45) is 0 Å². The van der Waals surface area contributed by atoms with Gasteiger partial charge in [-0.05, 0) is 61.1 Å². The van der Waals surface area contributed by atoms with Crippen molar-refractivity contribution in [2.75, 3.05) is 11.5 Å². The number of phenols is 2. The Morgan fingerprint density at radius 3 is 1.34 bits per heavy atom. The lowest BCUT2D eigenvalue weighted by molar-refractivity contribution is -0.122. The normalized spacial score (nSPS) is 10.8. The third-order valence-corrected chi connectivity index (χ3v) is 8.81. The van der Waals surface area contributed by atoms with Crippen LogP contribution < -0.4 is 21.7 Å². The molecule has 0 aliphatic rings. The molecule has 0 saturated carbocycles. The van der Waals surface area contributed by atoms with Crippen LogP contribution in [0.25, 0.3) is 0 Å². The van der Waals surface area contributed by atoms with Gasteiger partial charge in [0.05, 0.1) is 11.1 Å². The number of hydrogen-bond donors (Lipinski definition) is 6. The first-order chi connectivity index (χ1) is 22.7. The average Bonchev–Trinajstić information content (AvgIpc) is 3.06. The Labute approximate surface area is 284 Å². The molecule has 10 nitrogen and oxygen atoms in total. The maximum absolute atomic E-state index is 12.6. The van der Waals surface area contributed by atoms with Gasteiger partial charge in [-0.15, -0.1) is 0 Å². The van der Waals surface area contributed by atoms with Crippen LogP contribution >= 0.6 is 11.8 Å². The van der Waals surface area contributed by atoms with Crippen molar-refractivity contribution in [2.45, 2.75) is 117 Å². The zero-order valence-corrected chi connectivity index (χ0v) is 28.9. The van der Waals surface area contributed by atoms with Crippen LogP contribution in [0.1, 0.15) is 136 Å². The number of phenolic OH excluding ortho intramolecular Hbond substituents is 2. The number of unbranched alkanes of at least 4 members (excludes halogenated alkanes) is 10. The zero-order chi connectivity index (χ0) is 34.3. The van der Waals surface area contributed by atoms with Crippen LogP contribution in [0.5, 0.6) is 11.5 Å². The van der Waals surface area contributed by atoms with Gasteiger partial charge in [0.15, 0.2) is 0 Å². The Kier molecular flexibility index (Phi) is 19.8. The number of aromatic hydroxyl groups is 2. The van der Waals surface area contributed by atoms with E-state index in [0.29, 0.717) is 11.5 Å². The number of hydrazine groups is 2. The molecule has 0 spiro atoms. The number of rotatable bonds is 22. The summed E-state index contributed by atoms with van der Waals surface area (Å²) in [6.07, 6.45) is 15.9. The topological polar surface area (TPSA) is 157 Å². The number of carbonyl (C=O) groups is 4. The number of carbonyl (C=O) groups excluding carboxylic acids is 4. The van der Waals surface area contributed by atoms with Crippen LogP contribution in [0.15, 0.2) is 36.4 Å². The minimum Gasteiger partial charge on any atom is -0.507 e. The van der Waals surface area contributed by atoms with Crippen molar-refractivity contribution in [3.63, 3.8) is 0 Å². The minimum absolute atomic E-state index is 0.109. The van der Waals surface area contributed by atoms with Gasteiger partial charge < -0.3 is 10.2 Å². The van der Waals surface area contributed by atoms with E-state index in [9.17, 15) is 29.4 Å². The molecule has 0 atom stereocenters. The molecule has 47 heavy (non-hydrogen) atoms. The zero-order valence-electron chi connectivity index (χ0n) is 28.1. The summed E-state index contributed by atoms with van der Waals surface area (Å²) in [5.41, 5.74) is 11.6. The summed E-state index contributed by atoms with van der Waals surface area (Å²) in [5.74, 6) is -1.45. The number of amides is 4. The summed E-state index contributed by atoms with van der Waals surface area (Å²) >= 11 is 1.38. The molecule has 0 fully saturated rings. The van der Waals surface area contributed by atoms with Gasteiger partial charge in [-0.1, -0.05) is 90.2 Å². The predicted octanol–water partition coefficient (Wildman–Crippen LogP) is 6.64. The predicted molar refractivity (Wildman–Crippen MR) is 188 cm³/mol. The molecule has 4 amide bonds. The molecule has 0 aromatic heterocycles. The quantitative estimate of drug-likeness (QED) is 0.0606. The van der Waals surface area contributed by atoms with E-state index < -0.39 is 23.6 Å². The molecule has 11 heteroatoms. The smallest absolute Gasteiger partial charge is 0.273 e. The largest absolute Gasteiger partial charge is 0.507 e. The van der Waals surface area contributed by atoms with Gasteiger partial charge in [-0.2, -0.15) is 11.8 Å². The summed E-state index contributed by atoms with van der Waals surface area (Å²) < 4.78 is 0. The van der Waals surface area contributed by atoms with E-state index >= 15 is 0 Å². The van der Waals surface area contributed by atoms with E-state index in [4.69, 9.17) is 0 Å². The summed E-state index contributed by atoms with van der Waals surface area (Å²) in [5, 5.41) is 20.3. The van der Waals surface area contributed by atoms with Crippen molar-refractivity contribution in [3.8, 4) is 11.5 Å². The maximum atomic E-state index is 12.6. The van der Waals surface area contributed by atoms with E-state index in [2.05, 4.69) is 35.6 Å². The van der Waals surface area contributed by atoms with Crippen LogP contribution in [0, 0.1) is 0 Å². The summed E-state index contributed by atoms with van der Waals surface area (Å²) in [6, 6.07) is 9.93. The highest BCUT2D eigenvalue weighted by Crippen LogP contribution is 2.21. The van der Waals surface area contributed by atoms with E-state index in [1.165, 1.54) is 75.3 Å². The van der Waals surface area contributed by atoms with E-state index in [0.717, 1.165) is 49.7 Å². The van der Waals surface area contributed by atoms with Crippen molar-refractivity contribution in [3.05, 3.63) is 58.7 Å². The first-order valence-electron chi connectivity index (χ1n) is 17.1. The van der Waals surface area contributed by atoms with Crippen molar-refractivity contribution >= 4 is 35.4 Å². The molecule has 0 aliphatic carbocycles. The third-order valence-electron chi connectivity index (χ3n) is 7.83. The number of aryl methyl sites for hydroxylation is 2. The summed E-state index contributed by atoms with van der Waals surface area (Å²) in [6.45, 7) is 4.37. The maximum Gasteiger partial charge on any atom is 0.273 e. The standard InChI is InChI=1S/C36H54N4O6S/c1-3-5-7-9-11-13-15-27-17-19-31(41)29(25-27)35(45)39-37-33(43)21-23-47-24-22-34(44)38-40-36(46)30-26-28(18-20-32(30)42)16-14-12-10-8-6-4-2/h17-20,25-26,41-42H,3-16,21-24H2,1-2H3,(H,37,43)(H,38,44)(H,39,45)(H,40,46). The van der Waals surface area contributed by atoms with Crippen LogP contribution in [0.3, 0.4) is 0 Å². The Bertz CT molecular complexity index is 1180. The lowest BCUT2D eigenvalue weighted by atomic mass is 10.0. The molecule has 0 saturated heterocycles. The van der Waals surface area contributed by atoms with Gasteiger partial charge in [0, 0.05) is 24.3 Å². The third kappa shape index (κ3) is 16.6. The van der Waals surface area contributed by atoms with Crippen molar-refractivity contribution in [1.82, 2.24) is 21.7 Å². The average molecular weight is 671 g/mol. The van der Waals surface area contributed by atoms with Gasteiger partial charge in [0.25, 0.3) is 11.8 Å². The number of thioether (sulfide) groups is 1. The van der Waals surface area contributed by atoms with E-state index in [1.54, 1.807) is 12.1 Å². The molecular formula is C36H54N4O6S.